The lowest BCUT2D eigenvalue weighted by atomic mass is 9.85. The minimum Gasteiger partial charge on any atom is -0.334 e. The molecule has 0 saturated heterocycles. The highest BCUT2D eigenvalue weighted by Crippen LogP contribution is 2.29. The number of likely N-dealkylation sites (N-methyl/N-ethyl adjacent to an activating group) is 1. The molecule has 0 aliphatic carbocycles. The monoisotopic (exact) mass is 593 g/mol. The molecule has 0 unspecified atom stereocenters. The lowest BCUT2D eigenvalue weighted by Gasteiger charge is -2.22. The zero-order chi connectivity index (χ0) is 31.3. The Kier molecular flexibility index (Phi) is 6.94. The van der Waals surface area contributed by atoms with Crippen LogP contribution in [0.5, 0.6) is 0 Å². The predicted molar refractivity (Wildman–Crippen MR) is 162 cm³/mol. The van der Waals surface area contributed by atoms with Crippen molar-refractivity contribution in [2.24, 2.45) is 7.05 Å². The normalized spacial score (nSPS) is 13.5. The fourth-order valence-electron chi connectivity index (χ4n) is 5.34. The minimum atomic E-state index is -0.964. The number of benzene rings is 1. The van der Waals surface area contributed by atoms with Gasteiger partial charge in [0.05, 0.1) is 40.4 Å². The van der Waals surface area contributed by atoms with E-state index in [4.69, 9.17) is 0 Å². The first-order chi connectivity index (χ1) is 21.0. The van der Waals surface area contributed by atoms with Gasteiger partial charge in [0.25, 0.3) is 11.1 Å². The van der Waals surface area contributed by atoms with Crippen molar-refractivity contribution in [3.05, 3.63) is 92.1 Å². The van der Waals surface area contributed by atoms with Crippen LogP contribution in [-0.2, 0) is 25.6 Å². The average Bonchev–Trinajstić information content (AvgIpc) is 3.40. The Balaban J connectivity index is 1.44. The first kappa shape index (κ1) is 28.6. The molecule has 4 aromatic heterocycles. The van der Waals surface area contributed by atoms with Gasteiger partial charge in [0, 0.05) is 44.2 Å². The van der Waals surface area contributed by atoms with Crippen LogP contribution < -0.4 is 16.4 Å². The second-order valence-corrected chi connectivity index (χ2v) is 11.3. The Morgan fingerprint density at radius 1 is 1.07 bits per heavy atom. The molecule has 44 heavy (non-hydrogen) atoms. The number of anilines is 2. The number of nitriles is 1. The molecule has 5 aromatic rings. The lowest BCUT2D eigenvalue weighted by molar-refractivity contribution is 0.112. The van der Waals surface area contributed by atoms with E-state index in [2.05, 4.69) is 31.5 Å². The summed E-state index contributed by atoms with van der Waals surface area (Å²) in [5, 5.41) is 21.6. The number of hydrogen-bond donors (Lipinski definition) is 1. The van der Waals surface area contributed by atoms with Crippen molar-refractivity contribution >= 4 is 28.6 Å². The summed E-state index contributed by atoms with van der Waals surface area (Å²) in [5.41, 5.74) is 0.153. The summed E-state index contributed by atoms with van der Waals surface area (Å²) in [6.07, 6.45) is 3.36. The van der Waals surface area contributed by atoms with Crippen LogP contribution in [0.3, 0.4) is 0 Å². The molecule has 0 fully saturated rings. The fourth-order valence-corrected chi connectivity index (χ4v) is 5.34. The number of fused-ring (bicyclic) bond motifs is 2. The summed E-state index contributed by atoms with van der Waals surface area (Å²) < 4.78 is 19.5. The molecule has 1 aliphatic rings. The van der Waals surface area contributed by atoms with E-state index in [0.717, 1.165) is 34.6 Å². The fraction of sp³-hybridized carbons (Fsp3) is 0.258. The second-order valence-electron chi connectivity index (χ2n) is 11.3. The van der Waals surface area contributed by atoms with E-state index in [0.29, 0.717) is 28.6 Å². The van der Waals surface area contributed by atoms with Gasteiger partial charge in [0.15, 0.2) is 17.9 Å². The van der Waals surface area contributed by atoms with Crippen LogP contribution >= 0.6 is 0 Å². The Morgan fingerprint density at radius 2 is 1.86 bits per heavy atom. The zero-order valence-electron chi connectivity index (χ0n) is 24.5. The van der Waals surface area contributed by atoms with Crippen molar-refractivity contribution in [1.29, 1.82) is 5.26 Å². The van der Waals surface area contributed by atoms with Crippen LogP contribution in [0.15, 0.2) is 58.4 Å². The second kappa shape index (κ2) is 10.7. The number of aryl methyl sites for hydroxylation is 1. The quantitative estimate of drug-likeness (QED) is 0.293. The SMILES string of the molecule is CN1CCn2nc(Nc3cc(-c4ccnc(-n5ccc6cc(C(C)(C)C#N)cc(F)c6c5=O)c4C=O)nn(C)c3=O)cc2C1. The molecular weight excluding hydrogens is 565 g/mol. The van der Waals surface area contributed by atoms with Crippen LogP contribution in [0.4, 0.5) is 15.9 Å². The summed E-state index contributed by atoms with van der Waals surface area (Å²) in [4.78, 5) is 45.6. The number of aromatic nitrogens is 6. The molecule has 6 rings (SSSR count). The van der Waals surface area contributed by atoms with E-state index < -0.39 is 22.4 Å². The topological polar surface area (TPSA) is 144 Å². The molecule has 0 radical (unpaired) electrons. The van der Waals surface area contributed by atoms with Gasteiger partial charge in [0.1, 0.15) is 11.5 Å². The third kappa shape index (κ3) is 4.84. The lowest BCUT2D eigenvalue weighted by Crippen LogP contribution is -2.30. The standard InChI is InChI=1S/C31H28FN9O3/c1-31(2,17-33)19-11-18-6-8-40(30(44)27(18)23(32)12-19)28-22(16-42)21(5-7-34-28)24-14-25(29(43)39(4)36-24)35-26-13-20-15-38(3)9-10-41(20)37-26/h5-8,11-14,16H,9-10,15H2,1-4H3,(H,35,37). The summed E-state index contributed by atoms with van der Waals surface area (Å²) in [5.74, 6) is -0.310. The van der Waals surface area contributed by atoms with E-state index in [1.807, 2.05) is 17.8 Å². The van der Waals surface area contributed by atoms with E-state index in [1.165, 1.54) is 37.6 Å². The third-order valence-corrected chi connectivity index (χ3v) is 7.86. The number of halogens is 1. The minimum absolute atomic E-state index is 0.0224. The zero-order valence-corrected chi connectivity index (χ0v) is 24.5. The van der Waals surface area contributed by atoms with Gasteiger partial charge in [-0.1, -0.05) is 0 Å². The molecule has 0 amide bonds. The maximum absolute atomic E-state index is 15.3. The average molecular weight is 594 g/mol. The van der Waals surface area contributed by atoms with Gasteiger partial charge in [-0.25, -0.2) is 14.1 Å². The molecule has 0 bridgehead atoms. The molecule has 5 heterocycles. The Morgan fingerprint density at radius 3 is 2.61 bits per heavy atom. The number of rotatable bonds is 6. The van der Waals surface area contributed by atoms with Crippen LogP contribution in [0.2, 0.25) is 0 Å². The van der Waals surface area contributed by atoms with E-state index in [9.17, 15) is 19.6 Å². The summed E-state index contributed by atoms with van der Waals surface area (Å²) in [6, 6.07) is 11.4. The molecule has 0 saturated carbocycles. The van der Waals surface area contributed by atoms with Crippen molar-refractivity contribution in [3.8, 4) is 23.1 Å². The Bertz CT molecular complexity index is 2140. The van der Waals surface area contributed by atoms with Gasteiger partial charge in [-0.2, -0.15) is 15.5 Å². The van der Waals surface area contributed by atoms with E-state index >= 15 is 4.39 Å². The van der Waals surface area contributed by atoms with Crippen molar-refractivity contribution in [2.75, 3.05) is 18.9 Å². The van der Waals surface area contributed by atoms with Crippen LogP contribution in [-0.4, -0.2) is 53.9 Å². The molecule has 1 N–H and O–H groups in total. The maximum atomic E-state index is 15.3. The van der Waals surface area contributed by atoms with Crippen molar-refractivity contribution in [2.45, 2.75) is 32.4 Å². The van der Waals surface area contributed by atoms with Crippen LogP contribution in [0.1, 0.15) is 35.5 Å². The number of hydrogen-bond acceptors (Lipinski definition) is 9. The molecule has 0 atom stereocenters. The maximum Gasteiger partial charge on any atom is 0.290 e. The van der Waals surface area contributed by atoms with E-state index in [1.54, 1.807) is 26.0 Å². The number of nitrogens with zero attached hydrogens (tertiary/aromatic N) is 8. The van der Waals surface area contributed by atoms with Crippen LogP contribution in [0, 0.1) is 17.1 Å². The molecule has 1 aliphatic heterocycles. The number of aldehydes is 1. The van der Waals surface area contributed by atoms with Gasteiger partial charge in [0.2, 0.25) is 0 Å². The molecule has 222 valence electrons. The van der Waals surface area contributed by atoms with Crippen molar-refractivity contribution < 1.29 is 9.18 Å². The van der Waals surface area contributed by atoms with Gasteiger partial charge in [-0.05, 0) is 62.2 Å². The molecular formula is C31H28FN9O3. The van der Waals surface area contributed by atoms with Crippen molar-refractivity contribution in [1.82, 2.24) is 34.0 Å². The summed E-state index contributed by atoms with van der Waals surface area (Å²) in [6.45, 7) is 5.65. The number of carbonyl (C=O) groups excluding carboxylic acids is 1. The summed E-state index contributed by atoms with van der Waals surface area (Å²) >= 11 is 0. The largest absolute Gasteiger partial charge is 0.334 e. The number of nitrogens with one attached hydrogen (secondary N) is 1. The predicted octanol–water partition coefficient (Wildman–Crippen LogP) is 3.28. The highest BCUT2D eigenvalue weighted by molar-refractivity contribution is 5.91. The molecule has 1 aromatic carbocycles. The highest BCUT2D eigenvalue weighted by atomic mass is 19.1. The highest BCUT2D eigenvalue weighted by Gasteiger charge is 2.24. The molecule has 13 heteroatoms. The number of pyridine rings is 2. The van der Waals surface area contributed by atoms with E-state index in [-0.39, 0.29) is 28.1 Å². The summed E-state index contributed by atoms with van der Waals surface area (Å²) in [7, 11) is 3.52. The third-order valence-electron chi connectivity index (χ3n) is 7.86. The smallest absolute Gasteiger partial charge is 0.290 e. The molecule has 12 nitrogen and oxygen atoms in total. The number of carbonyl (C=O) groups is 1. The Labute approximate surface area is 250 Å². The van der Waals surface area contributed by atoms with Gasteiger partial charge < -0.3 is 5.32 Å². The van der Waals surface area contributed by atoms with Gasteiger partial charge in [-0.15, -0.1) is 0 Å². The molecule has 0 spiro atoms. The van der Waals surface area contributed by atoms with Crippen LogP contribution in [0.25, 0.3) is 27.8 Å². The first-order valence-electron chi connectivity index (χ1n) is 13.8. The van der Waals surface area contributed by atoms with Gasteiger partial charge >= 0.3 is 0 Å². The van der Waals surface area contributed by atoms with Gasteiger partial charge in [-0.3, -0.25) is 28.5 Å². The first-order valence-corrected chi connectivity index (χ1v) is 13.8. The van der Waals surface area contributed by atoms with Crippen molar-refractivity contribution in [3.63, 3.8) is 0 Å². The Hall–Kier alpha value is -5.48.